The van der Waals surface area contributed by atoms with Gasteiger partial charge in [0.25, 0.3) is 0 Å². The highest BCUT2D eigenvalue weighted by molar-refractivity contribution is 7.19. The summed E-state index contributed by atoms with van der Waals surface area (Å²) in [6.07, 6.45) is 0. The average Bonchev–Trinajstić information content (AvgIpc) is 3.26. The Morgan fingerprint density at radius 1 is 0.263 bits per heavy atom. The Balaban J connectivity index is 1.20. The van der Waals surface area contributed by atoms with Gasteiger partial charge in [0.1, 0.15) is 11.6 Å². The van der Waals surface area contributed by atoms with Gasteiger partial charge in [-0.3, -0.25) is 0 Å². The van der Waals surface area contributed by atoms with Crippen molar-refractivity contribution in [1.29, 1.82) is 0 Å². The molecular weight excluding hydrogens is 715 g/mol. The zero-order valence-corrected chi connectivity index (χ0v) is 32.0. The molecule has 0 radical (unpaired) electrons. The molecule has 0 aliphatic heterocycles. The maximum absolute atomic E-state index is 15.6. The van der Waals surface area contributed by atoms with E-state index in [-0.39, 0.29) is 0 Å². The fourth-order valence-corrected chi connectivity index (χ4v) is 13.6. The number of hydrogen-bond acceptors (Lipinski definition) is 0. The third kappa shape index (κ3) is 6.04. The van der Waals surface area contributed by atoms with Gasteiger partial charge in [-0.1, -0.05) is 200 Å². The molecule has 10 aromatic carbocycles. The lowest BCUT2D eigenvalue weighted by Gasteiger charge is -2.35. The van der Waals surface area contributed by atoms with Crippen molar-refractivity contribution in [3.63, 3.8) is 0 Å². The lowest BCUT2D eigenvalue weighted by atomic mass is 9.98. The first-order chi connectivity index (χ1) is 28.1. The zero-order chi connectivity index (χ0) is 38.3. The maximum atomic E-state index is 15.6. The van der Waals surface area contributed by atoms with Gasteiger partial charge in [-0.05, 0) is 98.6 Å². The molecular formula is C54H36F2Si. The number of hydrogen-bond donors (Lipinski definition) is 0. The van der Waals surface area contributed by atoms with Crippen molar-refractivity contribution < 1.29 is 8.78 Å². The molecule has 0 saturated heterocycles. The highest BCUT2D eigenvalue weighted by atomic mass is 28.3. The Morgan fingerprint density at radius 3 is 0.895 bits per heavy atom. The Hall–Kier alpha value is -6.94. The van der Waals surface area contributed by atoms with Crippen molar-refractivity contribution in [2.45, 2.75) is 0 Å². The lowest BCUT2D eigenvalue weighted by Crippen LogP contribution is -2.74. The van der Waals surface area contributed by atoms with Crippen LogP contribution in [0.5, 0.6) is 0 Å². The van der Waals surface area contributed by atoms with Crippen LogP contribution in [0.15, 0.2) is 218 Å². The van der Waals surface area contributed by atoms with Crippen LogP contribution in [0.3, 0.4) is 0 Å². The predicted octanol–water partition coefficient (Wildman–Crippen LogP) is 11.8. The highest BCUT2D eigenvalue weighted by Crippen LogP contribution is 2.32. The van der Waals surface area contributed by atoms with E-state index >= 15 is 8.78 Å². The van der Waals surface area contributed by atoms with Gasteiger partial charge in [0, 0.05) is 6.07 Å². The van der Waals surface area contributed by atoms with Crippen molar-refractivity contribution in [3.05, 3.63) is 230 Å². The second-order valence-electron chi connectivity index (χ2n) is 14.7. The number of fused-ring (bicyclic) bond motifs is 3. The highest BCUT2D eigenvalue weighted by Gasteiger charge is 2.42. The third-order valence-electron chi connectivity index (χ3n) is 11.6. The fraction of sp³-hybridized carbons (Fsp3) is 0. The first-order valence-corrected chi connectivity index (χ1v) is 21.3. The van der Waals surface area contributed by atoms with E-state index in [4.69, 9.17) is 0 Å². The molecule has 0 amide bonds. The van der Waals surface area contributed by atoms with Crippen LogP contribution in [0.2, 0.25) is 0 Å². The Bertz CT molecular complexity index is 2750. The van der Waals surface area contributed by atoms with Crippen LogP contribution in [0.1, 0.15) is 0 Å². The van der Waals surface area contributed by atoms with Crippen LogP contribution < -0.4 is 20.7 Å². The van der Waals surface area contributed by atoms with Crippen molar-refractivity contribution in [1.82, 2.24) is 0 Å². The first kappa shape index (κ1) is 34.5. The summed E-state index contributed by atoms with van der Waals surface area (Å²) in [7, 11) is -3.38. The van der Waals surface area contributed by atoms with E-state index in [9.17, 15) is 0 Å². The lowest BCUT2D eigenvalue weighted by molar-refractivity contribution is 0.585. The minimum absolute atomic E-state index is 0.589. The number of halogens is 2. The Morgan fingerprint density at radius 2 is 0.561 bits per heavy atom. The van der Waals surface area contributed by atoms with Crippen LogP contribution in [0, 0.1) is 11.6 Å². The van der Waals surface area contributed by atoms with E-state index in [1.807, 2.05) is 0 Å². The van der Waals surface area contributed by atoms with Crippen LogP contribution in [-0.4, -0.2) is 8.07 Å². The molecule has 0 aromatic heterocycles. The van der Waals surface area contributed by atoms with E-state index in [1.54, 1.807) is 12.1 Å². The van der Waals surface area contributed by atoms with Crippen LogP contribution in [0.4, 0.5) is 8.78 Å². The van der Waals surface area contributed by atoms with E-state index in [1.165, 1.54) is 32.3 Å². The number of rotatable bonds is 7. The van der Waals surface area contributed by atoms with Gasteiger partial charge < -0.3 is 0 Å². The molecule has 0 N–H and O–H groups in total. The molecule has 3 heteroatoms. The maximum Gasteiger partial charge on any atom is 0.179 e. The molecule has 0 aliphatic carbocycles. The normalized spacial score (nSPS) is 11.7. The molecule has 57 heavy (non-hydrogen) atoms. The molecule has 0 atom stereocenters. The molecule has 0 spiro atoms. The molecule has 0 aliphatic rings. The third-order valence-corrected chi connectivity index (χ3v) is 16.3. The smallest absolute Gasteiger partial charge is 0.179 e. The van der Waals surface area contributed by atoms with E-state index in [0.717, 1.165) is 55.0 Å². The van der Waals surface area contributed by atoms with Gasteiger partial charge in [0.15, 0.2) is 8.07 Å². The van der Waals surface area contributed by atoms with Crippen molar-refractivity contribution in [3.8, 4) is 33.4 Å². The van der Waals surface area contributed by atoms with E-state index in [0.29, 0.717) is 5.19 Å². The summed E-state index contributed by atoms with van der Waals surface area (Å²) in [5, 5.41) is 10.8. The molecule has 0 fully saturated rings. The summed E-state index contributed by atoms with van der Waals surface area (Å²) in [5.74, 6) is -1.18. The van der Waals surface area contributed by atoms with E-state index < -0.39 is 19.7 Å². The van der Waals surface area contributed by atoms with Crippen LogP contribution in [0.25, 0.3) is 65.7 Å². The average molecular weight is 751 g/mol. The quantitative estimate of drug-likeness (QED) is 0.112. The standard InChI is InChI=1S/C54H36F2Si/c55-43-34-44(56)36-48(35-43)57(45-28-22-40(23-29-45)52-19-7-13-37-10-1-4-16-49(37)52,46-30-24-41(25-31-46)53-20-8-14-38-11-2-5-17-50(38)53)47-32-26-42(27-33-47)54-21-9-15-39-12-3-6-18-51(39)54/h1-36H. The topological polar surface area (TPSA) is 0 Å². The largest absolute Gasteiger partial charge is 0.207 e. The monoisotopic (exact) mass is 750 g/mol. The first-order valence-electron chi connectivity index (χ1n) is 19.3. The van der Waals surface area contributed by atoms with Gasteiger partial charge in [0.2, 0.25) is 0 Å². The predicted molar refractivity (Wildman–Crippen MR) is 239 cm³/mol. The molecule has 10 rings (SSSR count). The van der Waals surface area contributed by atoms with Crippen molar-refractivity contribution in [2.75, 3.05) is 0 Å². The summed E-state index contributed by atoms with van der Waals surface area (Å²) in [6, 6.07) is 74.6. The van der Waals surface area contributed by atoms with Crippen LogP contribution in [-0.2, 0) is 0 Å². The Labute approximate surface area is 332 Å². The number of benzene rings is 10. The van der Waals surface area contributed by atoms with Gasteiger partial charge in [-0.2, -0.15) is 0 Å². The molecule has 0 heterocycles. The zero-order valence-electron chi connectivity index (χ0n) is 31.0. The summed E-state index contributed by atoms with van der Waals surface area (Å²) in [4.78, 5) is 0. The van der Waals surface area contributed by atoms with Gasteiger partial charge in [0.05, 0.1) is 0 Å². The van der Waals surface area contributed by atoms with Crippen molar-refractivity contribution >= 4 is 61.1 Å². The van der Waals surface area contributed by atoms with Gasteiger partial charge in [-0.25, -0.2) is 8.78 Å². The van der Waals surface area contributed by atoms with E-state index in [2.05, 4.69) is 200 Å². The van der Waals surface area contributed by atoms with Gasteiger partial charge >= 0.3 is 0 Å². The van der Waals surface area contributed by atoms with Crippen LogP contribution >= 0.6 is 0 Å². The molecule has 10 aromatic rings. The molecule has 0 saturated carbocycles. The Kier molecular flexibility index (Phi) is 8.66. The van der Waals surface area contributed by atoms with Crippen molar-refractivity contribution in [2.24, 2.45) is 0 Å². The SMILES string of the molecule is Fc1cc(F)cc([Si](c2ccc(-c3cccc4ccccc34)cc2)(c2ccc(-c3cccc4ccccc34)cc2)c2ccc(-c3cccc4ccccc34)cc2)c1. The minimum atomic E-state index is -3.38. The van der Waals surface area contributed by atoms with Gasteiger partial charge in [-0.15, -0.1) is 0 Å². The summed E-state index contributed by atoms with van der Waals surface area (Å²) in [5.41, 5.74) is 6.68. The molecule has 0 bridgehead atoms. The summed E-state index contributed by atoms with van der Waals surface area (Å²) < 4.78 is 31.2. The molecule has 270 valence electrons. The second-order valence-corrected chi connectivity index (χ2v) is 18.5. The summed E-state index contributed by atoms with van der Waals surface area (Å²) >= 11 is 0. The summed E-state index contributed by atoms with van der Waals surface area (Å²) in [6.45, 7) is 0. The molecule has 0 nitrogen and oxygen atoms in total. The second kappa shape index (κ2) is 14.3. The fourth-order valence-electron chi connectivity index (χ4n) is 8.90. The molecule has 0 unspecified atom stereocenters. The minimum Gasteiger partial charge on any atom is -0.207 e.